The Balaban J connectivity index is 2.01. The van der Waals surface area contributed by atoms with Crippen LogP contribution in [0.5, 0.6) is 0 Å². The molecule has 1 heterocycles. The number of aromatic carboxylic acids is 1. The SMILES string of the molecule is Cc1sc(C(=O)O)cc1CN[C@H](C)c1ccc(F)cc1. The molecule has 1 aromatic carbocycles. The maximum absolute atomic E-state index is 12.9. The number of carboxylic acids is 1. The average molecular weight is 293 g/mol. The van der Waals surface area contributed by atoms with Gasteiger partial charge >= 0.3 is 5.97 Å². The van der Waals surface area contributed by atoms with E-state index in [-0.39, 0.29) is 11.9 Å². The molecule has 1 aromatic heterocycles. The second-order valence-electron chi connectivity index (χ2n) is 4.65. The van der Waals surface area contributed by atoms with E-state index in [1.54, 1.807) is 18.2 Å². The number of hydrogen-bond donors (Lipinski definition) is 2. The molecule has 0 spiro atoms. The molecular weight excluding hydrogens is 277 g/mol. The normalized spacial score (nSPS) is 12.3. The summed E-state index contributed by atoms with van der Waals surface area (Å²) in [6.07, 6.45) is 0. The van der Waals surface area contributed by atoms with Crippen LogP contribution in [-0.2, 0) is 6.54 Å². The molecule has 0 aliphatic carbocycles. The molecule has 0 amide bonds. The number of nitrogens with one attached hydrogen (secondary N) is 1. The molecule has 0 saturated heterocycles. The molecule has 0 unspecified atom stereocenters. The van der Waals surface area contributed by atoms with Crippen LogP contribution in [-0.4, -0.2) is 11.1 Å². The molecule has 0 radical (unpaired) electrons. The molecule has 3 nitrogen and oxygen atoms in total. The molecule has 1 atom stereocenters. The fourth-order valence-electron chi connectivity index (χ4n) is 1.93. The van der Waals surface area contributed by atoms with Crippen molar-refractivity contribution in [2.75, 3.05) is 0 Å². The molecule has 0 aliphatic rings. The Morgan fingerprint density at radius 2 is 2.05 bits per heavy atom. The van der Waals surface area contributed by atoms with Crippen LogP contribution in [0.3, 0.4) is 0 Å². The molecular formula is C15H16FNO2S. The average Bonchev–Trinajstić information content (AvgIpc) is 2.78. The van der Waals surface area contributed by atoms with Gasteiger partial charge in [-0.2, -0.15) is 0 Å². The third-order valence-electron chi connectivity index (χ3n) is 3.20. The number of halogens is 1. The van der Waals surface area contributed by atoms with Gasteiger partial charge < -0.3 is 10.4 Å². The van der Waals surface area contributed by atoms with Gasteiger partial charge in [-0.15, -0.1) is 11.3 Å². The summed E-state index contributed by atoms with van der Waals surface area (Å²) >= 11 is 1.28. The van der Waals surface area contributed by atoms with Crippen molar-refractivity contribution in [2.24, 2.45) is 0 Å². The van der Waals surface area contributed by atoms with Crippen LogP contribution in [0.15, 0.2) is 30.3 Å². The zero-order valence-corrected chi connectivity index (χ0v) is 12.1. The molecule has 2 aromatic rings. The lowest BCUT2D eigenvalue weighted by Gasteiger charge is -2.14. The largest absolute Gasteiger partial charge is 0.477 e. The Kier molecular flexibility index (Phi) is 4.52. The quantitative estimate of drug-likeness (QED) is 0.882. The Bertz CT molecular complexity index is 607. The summed E-state index contributed by atoms with van der Waals surface area (Å²) in [6.45, 7) is 4.50. The smallest absolute Gasteiger partial charge is 0.345 e. The predicted octanol–water partition coefficient (Wildman–Crippen LogP) is 3.74. The lowest BCUT2D eigenvalue weighted by Crippen LogP contribution is -2.18. The van der Waals surface area contributed by atoms with Crippen molar-refractivity contribution in [1.82, 2.24) is 5.32 Å². The van der Waals surface area contributed by atoms with Crippen molar-refractivity contribution in [3.63, 3.8) is 0 Å². The van der Waals surface area contributed by atoms with Crippen molar-refractivity contribution >= 4 is 17.3 Å². The molecule has 2 rings (SSSR count). The van der Waals surface area contributed by atoms with Crippen LogP contribution in [0.25, 0.3) is 0 Å². The van der Waals surface area contributed by atoms with Gasteiger partial charge in [0.2, 0.25) is 0 Å². The third kappa shape index (κ3) is 3.43. The molecule has 20 heavy (non-hydrogen) atoms. The first-order chi connectivity index (χ1) is 9.47. The first-order valence-electron chi connectivity index (χ1n) is 6.29. The number of hydrogen-bond acceptors (Lipinski definition) is 3. The van der Waals surface area contributed by atoms with E-state index in [1.807, 2.05) is 13.8 Å². The highest BCUT2D eigenvalue weighted by molar-refractivity contribution is 7.14. The predicted molar refractivity (Wildman–Crippen MR) is 77.7 cm³/mol. The minimum atomic E-state index is -0.893. The number of thiophene rings is 1. The summed E-state index contributed by atoms with van der Waals surface area (Å²) in [4.78, 5) is 12.3. The first kappa shape index (κ1) is 14.7. The number of carbonyl (C=O) groups is 1. The summed E-state index contributed by atoms with van der Waals surface area (Å²) < 4.78 is 12.9. The number of benzene rings is 1. The Labute approximate surface area is 121 Å². The Morgan fingerprint density at radius 3 is 2.60 bits per heavy atom. The van der Waals surface area contributed by atoms with E-state index in [4.69, 9.17) is 5.11 Å². The van der Waals surface area contributed by atoms with Gasteiger partial charge in [-0.3, -0.25) is 0 Å². The van der Waals surface area contributed by atoms with Crippen LogP contribution in [0.2, 0.25) is 0 Å². The van der Waals surface area contributed by atoms with E-state index in [2.05, 4.69) is 5.32 Å². The highest BCUT2D eigenvalue weighted by Gasteiger charge is 2.12. The zero-order chi connectivity index (χ0) is 14.7. The fraction of sp³-hybridized carbons (Fsp3) is 0.267. The van der Waals surface area contributed by atoms with Crippen molar-refractivity contribution in [1.29, 1.82) is 0 Å². The maximum atomic E-state index is 12.9. The van der Waals surface area contributed by atoms with Crippen molar-refractivity contribution in [3.8, 4) is 0 Å². The van der Waals surface area contributed by atoms with Crippen molar-refractivity contribution < 1.29 is 14.3 Å². The standard InChI is InChI=1S/C15H16FNO2S/c1-9(11-3-5-13(16)6-4-11)17-8-12-7-14(15(18)19)20-10(12)2/h3-7,9,17H,8H2,1-2H3,(H,18,19)/t9-/m1/s1. The van der Waals surface area contributed by atoms with E-state index in [0.29, 0.717) is 11.4 Å². The number of carboxylic acid groups (broad SMARTS) is 1. The van der Waals surface area contributed by atoms with E-state index < -0.39 is 5.97 Å². The molecule has 106 valence electrons. The summed E-state index contributed by atoms with van der Waals surface area (Å²) in [6, 6.07) is 8.14. The van der Waals surface area contributed by atoms with Gasteiger partial charge in [-0.25, -0.2) is 9.18 Å². The maximum Gasteiger partial charge on any atom is 0.345 e. The van der Waals surface area contributed by atoms with Gasteiger partial charge in [0.1, 0.15) is 10.7 Å². The highest BCUT2D eigenvalue weighted by Crippen LogP contribution is 2.22. The van der Waals surface area contributed by atoms with E-state index in [0.717, 1.165) is 16.0 Å². The third-order valence-corrected chi connectivity index (χ3v) is 4.28. The van der Waals surface area contributed by atoms with Crippen LogP contribution in [0, 0.1) is 12.7 Å². The minimum Gasteiger partial charge on any atom is -0.477 e. The number of aryl methyl sites for hydroxylation is 1. The van der Waals surface area contributed by atoms with Gasteiger partial charge in [0.15, 0.2) is 0 Å². The van der Waals surface area contributed by atoms with Crippen molar-refractivity contribution in [3.05, 3.63) is 57.0 Å². The summed E-state index contributed by atoms with van der Waals surface area (Å²) in [5, 5.41) is 12.3. The second-order valence-corrected chi connectivity index (χ2v) is 5.91. The highest BCUT2D eigenvalue weighted by atomic mass is 32.1. The molecule has 0 bridgehead atoms. The van der Waals surface area contributed by atoms with Crippen LogP contribution < -0.4 is 5.32 Å². The van der Waals surface area contributed by atoms with Gasteiger partial charge in [-0.1, -0.05) is 12.1 Å². The van der Waals surface area contributed by atoms with Crippen molar-refractivity contribution in [2.45, 2.75) is 26.4 Å². The second kappa shape index (κ2) is 6.15. The molecule has 0 fully saturated rings. The number of rotatable bonds is 5. The molecule has 2 N–H and O–H groups in total. The molecule has 0 saturated carbocycles. The monoisotopic (exact) mass is 293 g/mol. The summed E-state index contributed by atoms with van der Waals surface area (Å²) in [7, 11) is 0. The van der Waals surface area contributed by atoms with Gasteiger partial charge in [-0.05, 0) is 43.2 Å². The van der Waals surface area contributed by atoms with Gasteiger partial charge in [0, 0.05) is 17.5 Å². The van der Waals surface area contributed by atoms with E-state index >= 15 is 0 Å². The van der Waals surface area contributed by atoms with Gasteiger partial charge in [0.05, 0.1) is 0 Å². The fourth-order valence-corrected chi connectivity index (χ4v) is 2.81. The van der Waals surface area contributed by atoms with Crippen LogP contribution in [0.1, 0.15) is 38.6 Å². The topological polar surface area (TPSA) is 49.3 Å². The zero-order valence-electron chi connectivity index (χ0n) is 11.3. The molecule has 5 heteroatoms. The van der Waals surface area contributed by atoms with Crippen LogP contribution in [0.4, 0.5) is 4.39 Å². The Hall–Kier alpha value is -1.72. The summed E-state index contributed by atoms with van der Waals surface area (Å²) in [5.41, 5.74) is 1.99. The van der Waals surface area contributed by atoms with E-state index in [9.17, 15) is 9.18 Å². The summed E-state index contributed by atoms with van der Waals surface area (Å²) in [5.74, 6) is -1.14. The lowest BCUT2D eigenvalue weighted by atomic mass is 10.1. The first-order valence-corrected chi connectivity index (χ1v) is 7.10. The minimum absolute atomic E-state index is 0.0724. The van der Waals surface area contributed by atoms with E-state index in [1.165, 1.54) is 23.5 Å². The van der Waals surface area contributed by atoms with Gasteiger partial charge in [0.25, 0.3) is 0 Å². The Morgan fingerprint density at radius 1 is 1.40 bits per heavy atom. The molecule has 0 aliphatic heterocycles. The van der Waals surface area contributed by atoms with Crippen LogP contribution >= 0.6 is 11.3 Å². The lowest BCUT2D eigenvalue weighted by molar-refractivity contribution is 0.0702.